The lowest BCUT2D eigenvalue weighted by Crippen LogP contribution is -2.38. The van der Waals surface area contributed by atoms with Crippen LogP contribution in [0.1, 0.15) is 46.5 Å². The fourth-order valence-corrected chi connectivity index (χ4v) is 2.70. The maximum Gasteiger partial charge on any atom is 0.258 e. The molecule has 2 aromatic carbocycles. The number of nitrogens with zero attached hydrogens (tertiary/aromatic N) is 1. The Balaban J connectivity index is 2.55. The van der Waals surface area contributed by atoms with E-state index in [0.717, 1.165) is 27.9 Å². The van der Waals surface area contributed by atoms with Gasteiger partial charge in [-0.1, -0.05) is 29.8 Å². The monoisotopic (exact) mass is 295 g/mol. The van der Waals surface area contributed by atoms with Gasteiger partial charge in [-0.15, -0.1) is 0 Å². The van der Waals surface area contributed by atoms with Gasteiger partial charge in [0.2, 0.25) is 0 Å². The third-order valence-electron chi connectivity index (χ3n) is 3.98. The molecule has 0 bridgehead atoms. The lowest BCUT2D eigenvalue weighted by molar-refractivity contribution is 0.0979. The highest BCUT2D eigenvalue weighted by Crippen LogP contribution is 2.26. The average Bonchev–Trinajstić information content (AvgIpc) is 2.45. The van der Waals surface area contributed by atoms with E-state index in [9.17, 15) is 4.79 Å². The number of amides is 1. The summed E-state index contributed by atoms with van der Waals surface area (Å²) in [5, 5.41) is 0. The number of hydrogen-bond acceptors (Lipinski definition) is 1. The summed E-state index contributed by atoms with van der Waals surface area (Å²) < 4.78 is 0. The second-order valence-corrected chi connectivity index (χ2v) is 6.38. The zero-order chi connectivity index (χ0) is 16.4. The second kappa shape index (κ2) is 6.35. The molecule has 0 saturated heterocycles. The Morgan fingerprint density at radius 3 is 2.00 bits per heavy atom. The minimum absolute atomic E-state index is 0.0740. The molecular weight excluding hydrogens is 270 g/mol. The van der Waals surface area contributed by atoms with Gasteiger partial charge in [0, 0.05) is 17.3 Å². The van der Waals surface area contributed by atoms with E-state index in [2.05, 4.69) is 45.9 Å². The van der Waals surface area contributed by atoms with Gasteiger partial charge in [-0.05, 0) is 70.4 Å². The summed E-state index contributed by atoms with van der Waals surface area (Å²) >= 11 is 0. The van der Waals surface area contributed by atoms with E-state index in [1.807, 2.05) is 36.9 Å². The van der Waals surface area contributed by atoms with Crippen molar-refractivity contribution in [2.75, 3.05) is 4.90 Å². The maximum absolute atomic E-state index is 13.1. The molecule has 22 heavy (non-hydrogen) atoms. The second-order valence-electron chi connectivity index (χ2n) is 6.38. The zero-order valence-corrected chi connectivity index (χ0v) is 14.4. The molecule has 1 amide bonds. The molecule has 2 nitrogen and oxygen atoms in total. The highest BCUT2D eigenvalue weighted by molar-refractivity contribution is 6.07. The van der Waals surface area contributed by atoms with Crippen molar-refractivity contribution < 1.29 is 4.79 Å². The van der Waals surface area contributed by atoms with E-state index < -0.39 is 0 Å². The molecule has 2 heteroatoms. The molecule has 0 atom stereocenters. The number of hydrogen-bond donors (Lipinski definition) is 0. The topological polar surface area (TPSA) is 20.3 Å². The molecule has 0 fully saturated rings. The fraction of sp³-hybridized carbons (Fsp3) is 0.350. The highest BCUT2D eigenvalue weighted by atomic mass is 16.2. The van der Waals surface area contributed by atoms with Crippen molar-refractivity contribution in [1.82, 2.24) is 0 Å². The Kier molecular flexibility index (Phi) is 4.70. The minimum atomic E-state index is 0.0740. The molecule has 0 aliphatic heterocycles. The summed E-state index contributed by atoms with van der Waals surface area (Å²) in [4.78, 5) is 15.1. The quantitative estimate of drug-likeness (QED) is 0.782. The van der Waals surface area contributed by atoms with Crippen molar-refractivity contribution in [3.05, 3.63) is 64.2 Å². The summed E-state index contributed by atoms with van der Waals surface area (Å²) in [5.74, 6) is 0.0740. The van der Waals surface area contributed by atoms with Crippen LogP contribution in [0, 0.1) is 27.7 Å². The molecule has 0 heterocycles. The Labute approximate surface area is 133 Å². The van der Waals surface area contributed by atoms with Crippen molar-refractivity contribution in [3.63, 3.8) is 0 Å². The van der Waals surface area contributed by atoms with Crippen molar-refractivity contribution in [3.8, 4) is 0 Å². The summed E-state index contributed by atoms with van der Waals surface area (Å²) in [7, 11) is 0. The first-order valence-electron chi connectivity index (χ1n) is 7.79. The predicted octanol–water partition coefficient (Wildman–Crippen LogP) is 4.98. The number of rotatable bonds is 3. The van der Waals surface area contributed by atoms with Gasteiger partial charge in [0.25, 0.3) is 5.91 Å². The number of anilines is 1. The van der Waals surface area contributed by atoms with E-state index >= 15 is 0 Å². The van der Waals surface area contributed by atoms with Gasteiger partial charge < -0.3 is 4.90 Å². The molecule has 0 saturated carbocycles. The van der Waals surface area contributed by atoms with Gasteiger partial charge in [0.1, 0.15) is 0 Å². The molecule has 0 aliphatic rings. The van der Waals surface area contributed by atoms with Crippen LogP contribution in [0.3, 0.4) is 0 Å². The molecule has 2 aromatic rings. The number of carbonyl (C=O) groups is 1. The van der Waals surface area contributed by atoms with Crippen LogP contribution in [-0.2, 0) is 0 Å². The van der Waals surface area contributed by atoms with E-state index in [1.54, 1.807) is 0 Å². The Morgan fingerprint density at radius 1 is 0.864 bits per heavy atom. The van der Waals surface area contributed by atoms with Crippen LogP contribution in [0.5, 0.6) is 0 Å². The molecule has 116 valence electrons. The molecular formula is C20H25NO. The van der Waals surface area contributed by atoms with Gasteiger partial charge in [-0.2, -0.15) is 0 Å². The van der Waals surface area contributed by atoms with Gasteiger partial charge in [-0.3, -0.25) is 4.79 Å². The summed E-state index contributed by atoms with van der Waals surface area (Å²) in [6, 6.07) is 12.4. The van der Waals surface area contributed by atoms with Crippen molar-refractivity contribution in [1.29, 1.82) is 0 Å². The van der Waals surface area contributed by atoms with Crippen LogP contribution in [0.15, 0.2) is 36.4 Å². The van der Waals surface area contributed by atoms with Crippen LogP contribution in [0.4, 0.5) is 5.69 Å². The zero-order valence-electron chi connectivity index (χ0n) is 14.4. The lowest BCUT2D eigenvalue weighted by atomic mass is 10.0. The largest absolute Gasteiger partial charge is 0.306 e. The number of benzene rings is 2. The number of aryl methyl sites for hydroxylation is 4. The predicted molar refractivity (Wildman–Crippen MR) is 93.8 cm³/mol. The fourth-order valence-electron chi connectivity index (χ4n) is 2.70. The molecule has 0 aromatic heterocycles. The Hall–Kier alpha value is -2.09. The van der Waals surface area contributed by atoms with Gasteiger partial charge >= 0.3 is 0 Å². The van der Waals surface area contributed by atoms with E-state index in [-0.39, 0.29) is 11.9 Å². The maximum atomic E-state index is 13.1. The highest BCUT2D eigenvalue weighted by Gasteiger charge is 2.23. The first-order chi connectivity index (χ1) is 10.3. The first-order valence-corrected chi connectivity index (χ1v) is 7.79. The third kappa shape index (κ3) is 3.22. The first kappa shape index (κ1) is 16.3. The van der Waals surface area contributed by atoms with Crippen molar-refractivity contribution >= 4 is 11.6 Å². The molecule has 0 N–H and O–H groups in total. The van der Waals surface area contributed by atoms with Crippen LogP contribution >= 0.6 is 0 Å². The third-order valence-corrected chi connectivity index (χ3v) is 3.98. The Morgan fingerprint density at radius 2 is 1.41 bits per heavy atom. The molecule has 0 aliphatic carbocycles. The minimum Gasteiger partial charge on any atom is -0.306 e. The van der Waals surface area contributed by atoms with Crippen LogP contribution in [0.25, 0.3) is 0 Å². The smallest absolute Gasteiger partial charge is 0.258 e. The van der Waals surface area contributed by atoms with Crippen LogP contribution in [0.2, 0.25) is 0 Å². The summed E-state index contributed by atoms with van der Waals surface area (Å²) in [6.45, 7) is 12.3. The van der Waals surface area contributed by atoms with E-state index in [0.29, 0.717) is 0 Å². The van der Waals surface area contributed by atoms with E-state index in [4.69, 9.17) is 0 Å². The van der Waals surface area contributed by atoms with Gasteiger partial charge in [-0.25, -0.2) is 0 Å². The normalized spacial score (nSPS) is 10.9. The number of carbonyl (C=O) groups excluding carboxylic acids is 1. The van der Waals surface area contributed by atoms with Gasteiger partial charge in [0.15, 0.2) is 0 Å². The van der Waals surface area contributed by atoms with Crippen LogP contribution in [-0.4, -0.2) is 11.9 Å². The SMILES string of the molecule is Cc1ccc(C)c(C(=O)N(c2cc(C)ccc2C)C(C)C)c1. The van der Waals surface area contributed by atoms with Gasteiger partial charge in [0.05, 0.1) is 0 Å². The Bertz CT molecular complexity index is 701. The molecule has 0 radical (unpaired) electrons. The van der Waals surface area contributed by atoms with Crippen LogP contribution < -0.4 is 4.90 Å². The molecule has 0 spiro atoms. The molecule has 2 rings (SSSR count). The molecule has 0 unspecified atom stereocenters. The standard InChI is InChI=1S/C20H25NO/c1-13(2)21(19-12-15(4)8-10-17(19)6)20(22)18-11-14(3)7-9-16(18)5/h7-13H,1-6H3. The lowest BCUT2D eigenvalue weighted by Gasteiger charge is -2.29. The van der Waals surface area contributed by atoms with Crippen molar-refractivity contribution in [2.24, 2.45) is 0 Å². The average molecular weight is 295 g/mol. The van der Waals surface area contributed by atoms with Crippen molar-refractivity contribution in [2.45, 2.75) is 47.6 Å². The van der Waals surface area contributed by atoms with E-state index in [1.165, 1.54) is 5.56 Å². The summed E-state index contributed by atoms with van der Waals surface area (Å²) in [6.07, 6.45) is 0. The summed E-state index contributed by atoms with van der Waals surface area (Å²) in [5.41, 5.74) is 6.21.